The van der Waals surface area contributed by atoms with Gasteiger partial charge < -0.3 is 14.9 Å². The van der Waals surface area contributed by atoms with Crippen molar-refractivity contribution in [3.63, 3.8) is 0 Å². The molecule has 0 saturated heterocycles. The van der Waals surface area contributed by atoms with Crippen LogP contribution in [0.2, 0.25) is 0 Å². The normalized spacial score (nSPS) is 45.8. The molecule has 66 valence electrons. The average molecular weight is 272 g/mol. The summed E-state index contributed by atoms with van der Waals surface area (Å²) in [6, 6.07) is 0. The highest BCUT2D eigenvalue weighted by atomic mass is 127. The lowest BCUT2D eigenvalue weighted by Gasteiger charge is -2.33. The maximum absolute atomic E-state index is 9.38. The summed E-state index contributed by atoms with van der Waals surface area (Å²) in [4.78, 5) is 0. The van der Waals surface area contributed by atoms with E-state index in [0.29, 0.717) is 10.3 Å². The van der Waals surface area contributed by atoms with Gasteiger partial charge >= 0.3 is 0 Å². The molecule has 0 aliphatic heterocycles. The van der Waals surface area contributed by atoms with Crippen LogP contribution in [0.4, 0.5) is 0 Å². The molecular weight excluding hydrogens is 259 g/mol. The zero-order valence-corrected chi connectivity index (χ0v) is 8.56. The van der Waals surface area contributed by atoms with E-state index in [1.807, 2.05) is 0 Å². The lowest BCUT2D eigenvalue weighted by Crippen LogP contribution is -2.45. The summed E-state index contributed by atoms with van der Waals surface area (Å²) >= 11 is 2.27. The molecule has 0 amide bonds. The summed E-state index contributed by atoms with van der Waals surface area (Å²) < 4.78 is 5.44. The third-order valence-corrected chi connectivity index (χ3v) is 3.08. The van der Waals surface area contributed by atoms with Crippen LogP contribution in [-0.2, 0) is 4.74 Å². The van der Waals surface area contributed by atoms with Crippen molar-refractivity contribution in [1.82, 2.24) is 0 Å². The van der Waals surface area contributed by atoms with Crippen LogP contribution < -0.4 is 0 Å². The molecule has 4 heteroatoms. The summed E-state index contributed by atoms with van der Waals surface area (Å²) in [6.45, 7) is 0. The van der Waals surface area contributed by atoms with Crippen molar-refractivity contribution in [1.29, 1.82) is 0 Å². The van der Waals surface area contributed by atoms with Crippen LogP contribution in [0.15, 0.2) is 0 Å². The van der Waals surface area contributed by atoms with E-state index in [4.69, 9.17) is 4.74 Å². The molecule has 0 aromatic carbocycles. The molecule has 2 N–H and O–H groups in total. The highest BCUT2D eigenvalue weighted by Gasteiger charge is 2.34. The summed E-state index contributed by atoms with van der Waals surface area (Å²) in [5.74, 6) is 0. The first-order valence-corrected chi connectivity index (χ1v) is 4.92. The first-order valence-electron chi connectivity index (χ1n) is 3.68. The number of aliphatic hydroxyl groups is 2. The molecule has 1 fully saturated rings. The van der Waals surface area contributed by atoms with E-state index >= 15 is 0 Å². The van der Waals surface area contributed by atoms with Gasteiger partial charge in [-0.15, -0.1) is 0 Å². The molecule has 11 heavy (non-hydrogen) atoms. The molecule has 3 nitrogen and oxygen atoms in total. The Hall–Kier alpha value is 0.610. The quantitative estimate of drug-likeness (QED) is 0.534. The van der Waals surface area contributed by atoms with Gasteiger partial charge in [-0.25, -0.2) is 0 Å². The lowest BCUT2D eigenvalue weighted by atomic mass is 9.92. The van der Waals surface area contributed by atoms with Crippen LogP contribution in [0.1, 0.15) is 12.8 Å². The predicted molar refractivity (Wildman–Crippen MR) is 49.9 cm³/mol. The van der Waals surface area contributed by atoms with Gasteiger partial charge in [0.05, 0.1) is 12.2 Å². The van der Waals surface area contributed by atoms with E-state index < -0.39 is 12.2 Å². The predicted octanol–water partition coefficient (Wildman–Crippen LogP) is 0.321. The fourth-order valence-electron chi connectivity index (χ4n) is 1.37. The Kier molecular flexibility index (Phi) is 3.54. The van der Waals surface area contributed by atoms with Crippen molar-refractivity contribution in [3.8, 4) is 0 Å². The third-order valence-electron chi connectivity index (χ3n) is 2.06. The second-order valence-corrected chi connectivity index (χ2v) is 4.66. The van der Waals surface area contributed by atoms with Crippen molar-refractivity contribution >= 4 is 22.6 Å². The van der Waals surface area contributed by atoms with Crippen molar-refractivity contribution in [2.45, 2.75) is 35.1 Å². The minimum Gasteiger partial charge on any atom is -0.390 e. The van der Waals surface area contributed by atoms with Crippen LogP contribution in [0.25, 0.3) is 0 Å². The Morgan fingerprint density at radius 1 is 1.36 bits per heavy atom. The van der Waals surface area contributed by atoms with Gasteiger partial charge in [0, 0.05) is 11.0 Å². The summed E-state index contributed by atoms with van der Waals surface area (Å²) in [5, 5.41) is 18.7. The van der Waals surface area contributed by atoms with E-state index in [-0.39, 0.29) is 6.10 Å². The van der Waals surface area contributed by atoms with E-state index in [1.165, 1.54) is 0 Å². The van der Waals surface area contributed by atoms with Gasteiger partial charge in [0.1, 0.15) is 6.10 Å². The van der Waals surface area contributed by atoms with Gasteiger partial charge in [-0.2, -0.15) is 0 Å². The number of hydrogen-bond acceptors (Lipinski definition) is 3. The molecule has 0 aromatic rings. The monoisotopic (exact) mass is 272 g/mol. The third kappa shape index (κ3) is 2.27. The van der Waals surface area contributed by atoms with Crippen LogP contribution in [0, 0.1) is 0 Å². The zero-order valence-electron chi connectivity index (χ0n) is 6.40. The van der Waals surface area contributed by atoms with Crippen LogP contribution in [0.5, 0.6) is 0 Å². The molecular formula is C7H13IO3. The summed E-state index contributed by atoms with van der Waals surface area (Å²) in [7, 11) is 1.56. The molecule has 0 bridgehead atoms. The smallest absolute Gasteiger partial charge is 0.106 e. The van der Waals surface area contributed by atoms with E-state index in [2.05, 4.69) is 22.6 Å². The molecule has 0 radical (unpaired) electrons. The fourth-order valence-corrected chi connectivity index (χ4v) is 2.39. The van der Waals surface area contributed by atoms with Crippen molar-refractivity contribution in [2.24, 2.45) is 0 Å². The van der Waals surface area contributed by atoms with Gasteiger partial charge in [-0.1, -0.05) is 22.6 Å². The van der Waals surface area contributed by atoms with Gasteiger partial charge in [-0.05, 0) is 12.8 Å². The maximum Gasteiger partial charge on any atom is 0.106 e. The molecule has 0 spiro atoms. The van der Waals surface area contributed by atoms with Gasteiger partial charge in [0.15, 0.2) is 0 Å². The highest BCUT2D eigenvalue weighted by Crippen LogP contribution is 2.26. The minimum atomic E-state index is -0.703. The highest BCUT2D eigenvalue weighted by molar-refractivity contribution is 14.1. The van der Waals surface area contributed by atoms with E-state index in [1.54, 1.807) is 7.11 Å². The second-order valence-electron chi connectivity index (χ2n) is 2.90. The Bertz CT molecular complexity index is 131. The van der Waals surface area contributed by atoms with E-state index in [0.717, 1.165) is 6.42 Å². The molecule has 1 unspecified atom stereocenters. The molecule has 1 saturated carbocycles. The number of halogens is 1. The van der Waals surface area contributed by atoms with Crippen LogP contribution in [-0.4, -0.2) is 39.6 Å². The zero-order chi connectivity index (χ0) is 8.43. The maximum atomic E-state index is 9.38. The SMILES string of the molecule is CO[C@@H]1CC(I)C[C@@H](O)[C@@H]1O. The largest absolute Gasteiger partial charge is 0.390 e. The molecule has 0 aromatic heterocycles. The number of alkyl halides is 1. The number of methoxy groups -OCH3 is 1. The first-order chi connectivity index (χ1) is 5.15. The standard InChI is InChI=1S/C7H13IO3/c1-11-6-3-4(8)2-5(9)7(6)10/h4-7,9-10H,2-3H2,1H3/t4?,5-,6-,7+/m1/s1. The number of ether oxygens (including phenoxy) is 1. The molecule has 1 rings (SSSR count). The summed E-state index contributed by atoms with van der Waals surface area (Å²) in [5.41, 5.74) is 0. The van der Waals surface area contributed by atoms with Crippen molar-refractivity contribution in [2.75, 3.05) is 7.11 Å². The second kappa shape index (κ2) is 4.02. The number of rotatable bonds is 1. The molecule has 1 aliphatic carbocycles. The van der Waals surface area contributed by atoms with Crippen LogP contribution in [0.3, 0.4) is 0 Å². The number of hydrogen-bond donors (Lipinski definition) is 2. The van der Waals surface area contributed by atoms with Crippen LogP contribution >= 0.6 is 22.6 Å². The Morgan fingerprint density at radius 2 is 2.00 bits per heavy atom. The van der Waals surface area contributed by atoms with Crippen molar-refractivity contribution < 1.29 is 14.9 Å². The molecule has 4 atom stereocenters. The summed E-state index contributed by atoms with van der Waals surface area (Å²) in [6.07, 6.45) is -0.0149. The lowest BCUT2D eigenvalue weighted by molar-refractivity contribution is -0.0963. The Labute approximate surface area is 79.9 Å². The number of aliphatic hydroxyl groups excluding tert-OH is 2. The minimum absolute atomic E-state index is 0.194. The topological polar surface area (TPSA) is 49.7 Å². The van der Waals surface area contributed by atoms with Gasteiger partial charge in [0.2, 0.25) is 0 Å². The van der Waals surface area contributed by atoms with Crippen molar-refractivity contribution in [3.05, 3.63) is 0 Å². The Balaban J connectivity index is 2.51. The Morgan fingerprint density at radius 3 is 2.55 bits per heavy atom. The van der Waals surface area contributed by atoms with E-state index in [9.17, 15) is 10.2 Å². The molecule has 1 aliphatic rings. The molecule has 0 heterocycles. The van der Waals surface area contributed by atoms with Gasteiger partial charge in [0.25, 0.3) is 0 Å². The first kappa shape index (κ1) is 9.70. The van der Waals surface area contributed by atoms with Gasteiger partial charge in [-0.3, -0.25) is 0 Å². The fraction of sp³-hybridized carbons (Fsp3) is 1.00. The average Bonchev–Trinajstić information content (AvgIpc) is 1.96.